The lowest BCUT2D eigenvalue weighted by Crippen LogP contribution is -2.52. The Hall–Kier alpha value is -3.58. The highest BCUT2D eigenvalue weighted by atomic mass is 35.5. The van der Waals surface area contributed by atoms with Crippen molar-refractivity contribution in [1.82, 2.24) is 14.1 Å². The first-order valence-corrected chi connectivity index (χ1v) is 13.2. The summed E-state index contributed by atoms with van der Waals surface area (Å²) < 4.78 is 9.72. The second kappa shape index (κ2) is 10.3. The van der Waals surface area contributed by atoms with E-state index in [1.807, 2.05) is 60.5 Å². The van der Waals surface area contributed by atoms with E-state index in [9.17, 15) is 4.79 Å². The van der Waals surface area contributed by atoms with E-state index in [2.05, 4.69) is 23.1 Å². The number of aryl methyl sites for hydroxylation is 1. The van der Waals surface area contributed by atoms with Crippen LogP contribution in [0.1, 0.15) is 11.1 Å². The Morgan fingerprint density at radius 2 is 1.79 bits per heavy atom. The fraction of sp³-hybridized carbons (Fsp3) is 0.200. The molecule has 192 valence electrons. The molecule has 2 aromatic carbocycles. The topological polar surface area (TPSA) is 52.3 Å². The van der Waals surface area contributed by atoms with Crippen LogP contribution >= 0.6 is 23.2 Å². The van der Waals surface area contributed by atoms with Crippen LogP contribution in [0, 0.1) is 0 Å². The summed E-state index contributed by atoms with van der Waals surface area (Å²) in [5, 5.41) is 1.99. The molecule has 0 bridgehead atoms. The Morgan fingerprint density at radius 3 is 2.55 bits per heavy atom. The summed E-state index contributed by atoms with van der Waals surface area (Å²) in [5.74, 6) is 0. The van der Waals surface area contributed by atoms with E-state index >= 15 is 0 Å². The van der Waals surface area contributed by atoms with E-state index < -0.39 is 0 Å². The highest BCUT2D eigenvalue weighted by molar-refractivity contribution is 6.42. The molecule has 0 amide bonds. The molecule has 0 atom stereocenters. The number of hydrogen-bond acceptors (Lipinski definition) is 4. The summed E-state index contributed by atoms with van der Waals surface area (Å²) in [6.45, 7) is 2.69. The van der Waals surface area contributed by atoms with Crippen LogP contribution in [0.15, 0.2) is 90.1 Å². The Bertz CT molecular complexity index is 1670. The Labute approximate surface area is 230 Å². The maximum absolute atomic E-state index is 13.0. The minimum absolute atomic E-state index is 0.0872. The molecule has 6 nitrogen and oxygen atoms in total. The van der Waals surface area contributed by atoms with E-state index in [1.54, 1.807) is 22.8 Å². The molecule has 38 heavy (non-hydrogen) atoms. The van der Waals surface area contributed by atoms with E-state index in [4.69, 9.17) is 32.9 Å². The smallest absolute Gasteiger partial charge is 0.251 e. The molecule has 6 rings (SSSR count). The van der Waals surface area contributed by atoms with Crippen LogP contribution < -0.4 is 10.5 Å². The van der Waals surface area contributed by atoms with Gasteiger partial charge in [-0.05, 0) is 41.0 Å². The molecule has 0 unspecified atom stereocenters. The summed E-state index contributed by atoms with van der Waals surface area (Å²) in [7, 11) is 1.97. The van der Waals surface area contributed by atoms with Gasteiger partial charge in [-0.3, -0.25) is 4.79 Å². The third-order valence-electron chi connectivity index (χ3n) is 6.98. The molecule has 1 saturated heterocycles. The summed E-state index contributed by atoms with van der Waals surface area (Å²) in [6, 6.07) is 21.4. The van der Waals surface area contributed by atoms with Crippen LogP contribution in [-0.4, -0.2) is 33.3 Å². The molecule has 1 fully saturated rings. The minimum atomic E-state index is -0.0872. The Kier molecular flexibility index (Phi) is 6.70. The molecule has 5 aromatic rings. The average Bonchev–Trinajstić information content (AvgIpc) is 3.23. The van der Waals surface area contributed by atoms with Gasteiger partial charge in [-0.15, -0.1) is 0 Å². The van der Waals surface area contributed by atoms with Gasteiger partial charge in [-0.25, -0.2) is 4.98 Å². The molecule has 1 aliphatic heterocycles. The van der Waals surface area contributed by atoms with Gasteiger partial charge < -0.3 is 18.8 Å². The standard InChI is InChI=1S/C30H26Cl2N4O2/c1-34-18-26(22-9-10-35(29(37)12-22)15-21-7-8-27(31)28(32)11-21)25-13-23(14-33-30(25)34)36-16-24(17-36)38-19-20-5-3-2-4-6-20/h2-14,18,24H,15-17,19H2,1H3. The van der Waals surface area contributed by atoms with Crippen LogP contribution in [0.3, 0.4) is 0 Å². The van der Waals surface area contributed by atoms with Crippen molar-refractivity contribution in [3.05, 3.63) is 117 Å². The summed E-state index contributed by atoms with van der Waals surface area (Å²) in [6.07, 6.45) is 5.96. The van der Waals surface area contributed by atoms with Crippen LogP contribution in [0.4, 0.5) is 5.69 Å². The molecule has 4 heterocycles. The number of halogens is 2. The van der Waals surface area contributed by atoms with Crippen LogP contribution in [0.5, 0.6) is 0 Å². The molecule has 0 spiro atoms. The second-order valence-corrected chi connectivity index (χ2v) is 10.5. The van der Waals surface area contributed by atoms with Gasteiger partial charge in [0.1, 0.15) is 5.65 Å². The zero-order valence-electron chi connectivity index (χ0n) is 20.8. The first-order chi connectivity index (χ1) is 18.4. The lowest BCUT2D eigenvalue weighted by atomic mass is 10.1. The van der Waals surface area contributed by atoms with Crippen molar-refractivity contribution in [3.8, 4) is 11.1 Å². The molecular weight excluding hydrogens is 519 g/mol. The number of aromatic nitrogens is 3. The molecule has 0 saturated carbocycles. The van der Waals surface area contributed by atoms with E-state index in [0.29, 0.717) is 23.2 Å². The van der Waals surface area contributed by atoms with Gasteiger partial charge in [0.05, 0.1) is 41.2 Å². The normalized spacial score (nSPS) is 13.7. The van der Waals surface area contributed by atoms with Gasteiger partial charge in [-0.2, -0.15) is 0 Å². The second-order valence-electron chi connectivity index (χ2n) is 9.67. The first-order valence-electron chi connectivity index (χ1n) is 12.4. The van der Waals surface area contributed by atoms with Crippen molar-refractivity contribution in [3.63, 3.8) is 0 Å². The van der Waals surface area contributed by atoms with Crippen molar-refractivity contribution >= 4 is 39.9 Å². The molecule has 3 aromatic heterocycles. The fourth-order valence-corrected chi connectivity index (χ4v) is 5.16. The third kappa shape index (κ3) is 4.95. The lowest BCUT2D eigenvalue weighted by Gasteiger charge is -2.40. The van der Waals surface area contributed by atoms with Crippen LogP contribution in [0.2, 0.25) is 10.0 Å². The largest absolute Gasteiger partial charge is 0.370 e. The Morgan fingerprint density at radius 1 is 0.974 bits per heavy atom. The molecule has 0 aliphatic carbocycles. The summed E-state index contributed by atoms with van der Waals surface area (Å²) in [4.78, 5) is 20.0. The van der Waals surface area contributed by atoms with Crippen molar-refractivity contribution in [1.29, 1.82) is 0 Å². The van der Waals surface area contributed by atoms with E-state index in [0.717, 1.165) is 46.5 Å². The minimum Gasteiger partial charge on any atom is -0.370 e. The van der Waals surface area contributed by atoms with Gasteiger partial charge in [0.2, 0.25) is 0 Å². The van der Waals surface area contributed by atoms with Crippen molar-refractivity contribution in [2.75, 3.05) is 18.0 Å². The number of hydrogen-bond donors (Lipinski definition) is 0. The number of benzene rings is 2. The van der Waals surface area contributed by atoms with Gasteiger partial charge in [0, 0.05) is 49.5 Å². The summed E-state index contributed by atoms with van der Waals surface area (Å²) >= 11 is 12.2. The van der Waals surface area contributed by atoms with Gasteiger partial charge >= 0.3 is 0 Å². The molecule has 1 aliphatic rings. The number of fused-ring (bicyclic) bond motifs is 1. The summed E-state index contributed by atoms with van der Waals surface area (Å²) in [5.41, 5.74) is 5.77. The number of anilines is 1. The monoisotopic (exact) mass is 544 g/mol. The maximum atomic E-state index is 13.0. The zero-order chi connectivity index (χ0) is 26.2. The Balaban J connectivity index is 1.20. The molecule has 0 N–H and O–H groups in total. The highest BCUT2D eigenvalue weighted by Crippen LogP contribution is 2.33. The van der Waals surface area contributed by atoms with Crippen molar-refractivity contribution in [2.24, 2.45) is 7.05 Å². The van der Waals surface area contributed by atoms with Gasteiger partial charge in [0.15, 0.2) is 0 Å². The zero-order valence-corrected chi connectivity index (χ0v) is 22.4. The number of nitrogens with zero attached hydrogens (tertiary/aromatic N) is 4. The number of pyridine rings is 2. The van der Waals surface area contributed by atoms with E-state index in [1.165, 1.54) is 5.56 Å². The maximum Gasteiger partial charge on any atom is 0.251 e. The van der Waals surface area contributed by atoms with Gasteiger partial charge in [0.25, 0.3) is 5.56 Å². The third-order valence-corrected chi connectivity index (χ3v) is 7.72. The highest BCUT2D eigenvalue weighted by Gasteiger charge is 2.28. The number of ether oxygens (including phenoxy) is 1. The first kappa shape index (κ1) is 24.7. The van der Waals surface area contributed by atoms with Gasteiger partial charge in [-0.1, -0.05) is 59.6 Å². The SMILES string of the molecule is Cn1cc(-c2ccn(Cc3ccc(Cl)c(Cl)c3)c(=O)c2)c2cc(N3CC(OCc4ccccc4)C3)cnc21. The fourth-order valence-electron chi connectivity index (χ4n) is 4.84. The van der Waals surface area contributed by atoms with Crippen molar-refractivity contribution < 1.29 is 4.74 Å². The molecular formula is C30H26Cl2N4O2. The molecule has 8 heteroatoms. The predicted octanol–water partition coefficient (Wildman–Crippen LogP) is 6.16. The molecule has 0 radical (unpaired) electrons. The predicted molar refractivity (Wildman–Crippen MR) is 153 cm³/mol. The number of rotatable bonds is 7. The van der Waals surface area contributed by atoms with Crippen molar-refractivity contribution in [2.45, 2.75) is 19.3 Å². The lowest BCUT2D eigenvalue weighted by molar-refractivity contribution is 0.0224. The van der Waals surface area contributed by atoms with Crippen LogP contribution in [-0.2, 0) is 24.9 Å². The average molecular weight is 545 g/mol. The quantitative estimate of drug-likeness (QED) is 0.246. The van der Waals surface area contributed by atoms with E-state index in [-0.39, 0.29) is 11.7 Å². The van der Waals surface area contributed by atoms with Crippen LogP contribution in [0.25, 0.3) is 22.2 Å².